The molecule has 0 heterocycles. The molecule has 0 fully saturated rings. The fraction of sp³-hybridized carbons (Fsp3) is 0.400. The second-order valence-electron chi connectivity index (χ2n) is 8.46. The van der Waals surface area contributed by atoms with Gasteiger partial charge < -0.3 is 9.47 Å². The highest BCUT2D eigenvalue weighted by molar-refractivity contribution is 6.16. The molecule has 1 aliphatic carbocycles. The topological polar surface area (TPSA) is 69.7 Å². The summed E-state index contributed by atoms with van der Waals surface area (Å²) >= 11 is 0. The van der Waals surface area contributed by atoms with Crippen LogP contribution in [-0.2, 0) is 15.9 Å². The summed E-state index contributed by atoms with van der Waals surface area (Å²) in [5.41, 5.74) is 3.38. The van der Waals surface area contributed by atoms with E-state index in [1.54, 1.807) is 13.8 Å². The van der Waals surface area contributed by atoms with Crippen molar-refractivity contribution >= 4 is 17.7 Å². The number of hydrogen-bond donors (Lipinski definition) is 0. The third-order valence-electron chi connectivity index (χ3n) is 5.28. The van der Waals surface area contributed by atoms with Gasteiger partial charge in [0.1, 0.15) is 0 Å². The van der Waals surface area contributed by atoms with E-state index in [0.717, 1.165) is 16.7 Å². The van der Waals surface area contributed by atoms with E-state index in [0.29, 0.717) is 24.0 Å². The number of carbonyl (C=O) groups excluding carboxylic acids is 3. The number of fused-ring (bicyclic) bond motifs is 1. The Balaban J connectivity index is 2.41. The zero-order valence-corrected chi connectivity index (χ0v) is 18.3. The van der Waals surface area contributed by atoms with Gasteiger partial charge in [0.25, 0.3) is 0 Å². The molecule has 0 saturated carbocycles. The Bertz CT molecular complexity index is 1020. The predicted molar refractivity (Wildman–Crippen MR) is 115 cm³/mol. The number of carbonyl (C=O) groups is 3. The van der Waals surface area contributed by atoms with Crippen molar-refractivity contribution in [3.8, 4) is 11.1 Å². The number of Topliss-reactive ketones (excluding diaryl/α,β-unsaturated/α-hetero) is 1. The van der Waals surface area contributed by atoms with Gasteiger partial charge in [-0.15, -0.1) is 0 Å². The van der Waals surface area contributed by atoms with Crippen molar-refractivity contribution in [3.05, 3.63) is 58.1 Å². The monoisotopic (exact) mass is 408 g/mol. The summed E-state index contributed by atoms with van der Waals surface area (Å²) in [6.45, 7) is 9.73. The largest absolute Gasteiger partial charge is 0.462 e. The van der Waals surface area contributed by atoms with Gasteiger partial charge in [0.15, 0.2) is 5.78 Å². The minimum Gasteiger partial charge on any atom is -0.462 e. The van der Waals surface area contributed by atoms with Crippen LogP contribution in [0.2, 0.25) is 0 Å². The van der Waals surface area contributed by atoms with Crippen molar-refractivity contribution in [2.45, 2.75) is 47.5 Å². The minimum atomic E-state index is -0.667. The fourth-order valence-corrected chi connectivity index (χ4v) is 4.16. The summed E-state index contributed by atoms with van der Waals surface area (Å²) in [4.78, 5) is 39.2. The molecule has 0 saturated heterocycles. The molecule has 0 aliphatic heterocycles. The maximum Gasteiger partial charge on any atom is 0.339 e. The van der Waals surface area contributed by atoms with E-state index >= 15 is 0 Å². The smallest absolute Gasteiger partial charge is 0.339 e. The van der Waals surface area contributed by atoms with Crippen LogP contribution in [-0.4, -0.2) is 30.9 Å². The Morgan fingerprint density at radius 2 is 1.60 bits per heavy atom. The number of rotatable bonds is 5. The van der Waals surface area contributed by atoms with Gasteiger partial charge in [0, 0.05) is 12.0 Å². The van der Waals surface area contributed by atoms with E-state index < -0.39 is 11.9 Å². The summed E-state index contributed by atoms with van der Waals surface area (Å²) in [7, 11) is 0. The molecule has 0 unspecified atom stereocenters. The predicted octanol–water partition coefficient (Wildman–Crippen LogP) is 5.17. The summed E-state index contributed by atoms with van der Waals surface area (Å²) in [6, 6.07) is 9.58. The van der Waals surface area contributed by atoms with Crippen LogP contribution in [0.15, 0.2) is 30.3 Å². The molecular weight excluding hydrogens is 380 g/mol. The molecular formula is C25H28O5. The molecule has 5 nitrogen and oxygen atoms in total. The molecule has 0 spiro atoms. The summed E-state index contributed by atoms with van der Waals surface area (Å²) in [5.74, 6) is -1.44. The molecule has 158 valence electrons. The van der Waals surface area contributed by atoms with Crippen molar-refractivity contribution in [1.82, 2.24) is 0 Å². The van der Waals surface area contributed by atoms with E-state index in [9.17, 15) is 14.4 Å². The molecule has 5 heteroatoms. The number of hydrogen-bond acceptors (Lipinski definition) is 5. The van der Waals surface area contributed by atoms with E-state index in [4.69, 9.17) is 9.47 Å². The molecule has 0 N–H and O–H groups in total. The average Bonchev–Trinajstić information content (AvgIpc) is 2.65. The minimum absolute atomic E-state index is 0.0322. The van der Waals surface area contributed by atoms with Gasteiger partial charge in [0.05, 0.1) is 24.3 Å². The molecule has 2 aromatic carbocycles. The molecule has 0 bridgehead atoms. The number of ketones is 1. The fourth-order valence-electron chi connectivity index (χ4n) is 4.16. The second kappa shape index (κ2) is 8.42. The standard InChI is InChI=1S/C25H28O5/c1-6-29-23(27)21-18(16-10-8-9-15(3)11-16)12-17-13-25(4,5)14-19(26)20(17)22(21)24(28)30-7-2/h8-12H,6-7,13-14H2,1-5H3. The quantitative estimate of drug-likeness (QED) is 0.638. The van der Waals surface area contributed by atoms with Crippen LogP contribution in [0, 0.1) is 12.3 Å². The van der Waals surface area contributed by atoms with Gasteiger partial charge in [-0.3, -0.25) is 4.79 Å². The average molecular weight is 408 g/mol. The Kier molecular flexibility index (Phi) is 6.11. The first-order valence-corrected chi connectivity index (χ1v) is 10.3. The highest BCUT2D eigenvalue weighted by atomic mass is 16.5. The zero-order valence-electron chi connectivity index (χ0n) is 18.3. The highest BCUT2D eigenvalue weighted by Crippen LogP contribution is 2.41. The van der Waals surface area contributed by atoms with E-state index in [1.165, 1.54) is 0 Å². The lowest BCUT2D eigenvalue weighted by atomic mass is 9.71. The number of esters is 2. The van der Waals surface area contributed by atoms with Crippen LogP contribution in [0.4, 0.5) is 0 Å². The van der Waals surface area contributed by atoms with Crippen LogP contribution in [0.1, 0.15) is 76.3 Å². The van der Waals surface area contributed by atoms with E-state index in [2.05, 4.69) is 0 Å². The van der Waals surface area contributed by atoms with Crippen molar-refractivity contribution in [1.29, 1.82) is 0 Å². The van der Waals surface area contributed by atoms with Gasteiger partial charge in [-0.2, -0.15) is 0 Å². The lowest BCUT2D eigenvalue weighted by molar-refractivity contribution is 0.0477. The van der Waals surface area contributed by atoms with Gasteiger partial charge in [-0.25, -0.2) is 9.59 Å². The van der Waals surface area contributed by atoms with Crippen LogP contribution in [0.5, 0.6) is 0 Å². The first-order chi connectivity index (χ1) is 14.2. The zero-order chi connectivity index (χ0) is 22.1. The van der Waals surface area contributed by atoms with E-state index in [-0.39, 0.29) is 35.5 Å². The molecule has 0 atom stereocenters. The molecule has 1 aliphatic rings. The van der Waals surface area contributed by atoms with Gasteiger partial charge in [-0.1, -0.05) is 43.7 Å². The molecule has 0 aromatic heterocycles. The van der Waals surface area contributed by atoms with Crippen LogP contribution >= 0.6 is 0 Å². The summed E-state index contributed by atoms with van der Waals surface area (Å²) in [6.07, 6.45) is 0.931. The SMILES string of the molecule is CCOC(=O)c1c(-c2cccc(C)c2)cc2c(c1C(=O)OCC)C(=O)CC(C)(C)C2. The Labute approximate surface area is 177 Å². The molecule has 0 radical (unpaired) electrons. The van der Waals surface area contributed by atoms with E-state index in [1.807, 2.05) is 51.1 Å². The maximum absolute atomic E-state index is 13.1. The Hall–Kier alpha value is -2.95. The van der Waals surface area contributed by atoms with Crippen molar-refractivity contribution in [2.75, 3.05) is 13.2 Å². The normalized spacial score (nSPS) is 14.8. The Morgan fingerprint density at radius 3 is 2.20 bits per heavy atom. The van der Waals surface area contributed by atoms with Crippen molar-refractivity contribution < 1.29 is 23.9 Å². The third-order valence-corrected chi connectivity index (χ3v) is 5.28. The van der Waals surface area contributed by atoms with Crippen LogP contribution in [0.3, 0.4) is 0 Å². The van der Waals surface area contributed by atoms with Crippen LogP contribution < -0.4 is 0 Å². The first-order valence-electron chi connectivity index (χ1n) is 10.3. The molecule has 0 amide bonds. The second-order valence-corrected chi connectivity index (χ2v) is 8.46. The maximum atomic E-state index is 13.1. The lowest BCUT2D eigenvalue weighted by Crippen LogP contribution is -2.31. The lowest BCUT2D eigenvalue weighted by Gasteiger charge is -2.32. The number of ether oxygens (including phenoxy) is 2. The van der Waals surface area contributed by atoms with Crippen molar-refractivity contribution in [3.63, 3.8) is 0 Å². The third kappa shape index (κ3) is 4.16. The number of benzene rings is 2. The first kappa shape index (κ1) is 21.8. The van der Waals surface area contributed by atoms with Crippen molar-refractivity contribution in [2.24, 2.45) is 5.41 Å². The molecule has 2 aromatic rings. The molecule has 3 rings (SSSR count). The summed E-state index contributed by atoms with van der Waals surface area (Å²) in [5, 5.41) is 0. The Morgan fingerprint density at radius 1 is 0.967 bits per heavy atom. The molecule has 30 heavy (non-hydrogen) atoms. The van der Waals surface area contributed by atoms with Gasteiger partial charge in [-0.05, 0) is 55.4 Å². The van der Waals surface area contributed by atoms with Gasteiger partial charge >= 0.3 is 11.9 Å². The van der Waals surface area contributed by atoms with Crippen LogP contribution in [0.25, 0.3) is 11.1 Å². The highest BCUT2D eigenvalue weighted by Gasteiger charge is 2.38. The van der Waals surface area contributed by atoms with Gasteiger partial charge in [0.2, 0.25) is 0 Å². The summed E-state index contributed by atoms with van der Waals surface area (Å²) < 4.78 is 10.6. The number of aryl methyl sites for hydroxylation is 1.